The normalized spacial score (nSPS) is 14.7. The lowest BCUT2D eigenvalue weighted by Crippen LogP contribution is -2.35. The molecule has 1 N–H and O–H groups in total. The molecule has 0 saturated heterocycles. The van der Waals surface area contributed by atoms with Crippen molar-refractivity contribution in [1.82, 2.24) is 4.72 Å². The van der Waals surface area contributed by atoms with Gasteiger partial charge in [-0.25, -0.2) is 13.1 Å². The third-order valence-corrected chi connectivity index (χ3v) is 4.83. The molecule has 0 saturated carbocycles. The molecule has 1 unspecified atom stereocenters. The van der Waals surface area contributed by atoms with Gasteiger partial charge in [0.25, 0.3) is 0 Å². The zero-order chi connectivity index (χ0) is 12.8. The summed E-state index contributed by atoms with van der Waals surface area (Å²) in [6, 6.07) is 0. The Balaban J connectivity index is 4.13. The summed E-state index contributed by atoms with van der Waals surface area (Å²) in [4.78, 5) is 0. The van der Waals surface area contributed by atoms with Crippen LogP contribution in [0.15, 0.2) is 0 Å². The fourth-order valence-corrected chi connectivity index (χ4v) is 3.63. The largest absolute Gasteiger partial charge is 0.214 e. The topological polar surface area (TPSA) is 46.2 Å². The average molecular weight is 270 g/mol. The molecular weight excluding hydrogens is 246 g/mol. The first-order valence-corrected chi connectivity index (χ1v) is 8.02. The van der Waals surface area contributed by atoms with Gasteiger partial charge in [-0.1, -0.05) is 40.5 Å². The van der Waals surface area contributed by atoms with E-state index in [2.05, 4.69) is 18.6 Å². The quantitative estimate of drug-likeness (QED) is 0.689. The number of nitrogens with one attached hydrogen (secondary N) is 1. The van der Waals surface area contributed by atoms with Gasteiger partial charge in [0, 0.05) is 11.9 Å². The van der Waals surface area contributed by atoms with Gasteiger partial charge >= 0.3 is 0 Å². The van der Waals surface area contributed by atoms with Gasteiger partial charge in [0.05, 0.1) is 5.75 Å². The van der Waals surface area contributed by atoms with E-state index in [9.17, 15) is 8.42 Å². The summed E-state index contributed by atoms with van der Waals surface area (Å²) < 4.78 is 25.7. The fourth-order valence-electron chi connectivity index (χ4n) is 1.67. The van der Waals surface area contributed by atoms with Crippen molar-refractivity contribution in [2.45, 2.75) is 45.9 Å². The highest BCUT2D eigenvalue weighted by Gasteiger charge is 2.19. The molecule has 5 heteroatoms. The average Bonchev–Trinajstić information content (AvgIpc) is 2.15. The standard InChI is InChI=1S/C11H24ClNO2S/c1-5-10(6-2)11(12)7-13-16(14,15)8-9(3)4/h9-11,13H,5-8H2,1-4H3. The van der Waals surface area contributed by atoms with Crippen LogP contribution in [0, 0.1) is 11.8 Å². The molecule has 0 heterocycles. The SMILES string of the molecule is CCC(CC)C(Cl)CNS(=O)(=O)CC(C)C. The molecule has 1 atom stereocenters. The van der Waals surface area contributed by atoms with Crippen LogP contribution in [-0.2, 0) is 10.0 Å². The molecule has 0 fully saturated rings. The maximum Gasteiger partial charge on any atom is 0.211 e. The van der Waals surface area contributed by atoms with E-state index >= 15 is 0 Å². The van der Waals surface area contributed by atoms with E-state index in [0.29, 0.717) is 12.5 Å². The molecule has 0 spiro atoms. The molecule has 16 heavy (non-hydrogen) atoms. The minimum atomic E-state index is -3.16. The summed E-state index contributed by atoms with van der Waals surface area (Å²) in [5, 5.41) is -0.114. The molecule has 0 radical (unpaired) electrons. The van der Waals surface area contributed by atoms with Crippen LogP contribution in [0.25, 0.3) is 0 Å². The van der Waals surface area contributed by atoms with E-state index in [1.165, 1.54) is 0 Å². The van der Waals surface area contributed by atoms with Crippen molar-refractivity contribution in [2.75, 3.05) is 12.3 Å². The summed E-state index contributed by atoms with van der Waals surface area (Å²) in [5.41, 5.74) is 0. The van der Waals surface area contributed by atoms with Crippen molar-refractivity contribution < 1.29 is 8.42 Å². The van der Waals surface area contributed by atoms with Gasteiger partial charge in [0.2, 0.25) is 10.0 Å². The number of alkyl halides is 1. The monoisotopic (exact) mass is 269 g/mol. The van der Waals surface area contributed by atoms with Gasteiger partial charge in [-0.3, -0.25) is 0 Å². The van der Waals surface area contributed by atoms with Crippen LogP contribution >= 0.6 is 11.6 Å². The smallest absolute Gasteiger partial charge is 0.211 e. The molecule has 0 bridgehead atoms. The summed E-state index contributed by atoms with van der Waals surface area (Å²) in [6.07, 6.45) is 1.97. The third-order valence-electron chi connectivity index (χ3n) is 2.61. The van der Waals surface area contributed by atoms with E-state index in [1.54, 1.807) is 0 Å². The zero-order valence-electron chi connectivity index (χ0n) is 10.7. The molecule has 3 nitrogen and oxygen atoms in total. The fraction of sp³-hybridized carbons (Fsp3) is 1.00. The Bertz CT molecular complexity index is 274. The van der Waals surface area contributed by atoms with Gasteiger partial charge in [0.1, 0.15) is 0 Å². The highest BCUT2D eigenvalue weighted by molar-refractivity contribution is 7.89. The van der Waals surface area contributed by atoms with Crippen LogP contribution in [0.1, 0.15) is 40.5 Å². The van der Waals surface area contributed by atoms with Gasteiger partial charge in [0.15, 0.2) is 0 Å². The van der Waals surface area contributed by atoms with E-state index in [1.807, 2.05) is 13.8 Å². The molecule has 0 aliphatic carbocycles. The second-order valence-electron chi connectivity index (χ2n) is 4.62. The minimum Gasteiger partial charge on any atom is -0.214 e. The predicted octanol–water partition coefficient (Wildman–Crippen LogP) is 2.61. The molecule has 0 aromatic rings. The second-order valence-corrected chi connectivity index (χ2v) is 7.03. The molecule has 0 aliphatic rings. The van der Waals surface area contributed by atoms with E-state index in [0.717, 1.165) is 12.8 Å². The number of halogens is 1. The first-order valence-electron chi connectivity index (χ1n) is 5.93. The lowest BCUT2D eigenvalue weighted by atomic mass is 9.99. The van der Waals surface area contributed by atoms with Crippen LogP contribution in [-0.4, -0.2) is 26.1 Å². The number of sulfonamides is 1. The Morgan fingerprint density at radius 1 is 1.19 bits per heavy atom. The Morgan fingerprint density at radius 2 is 1.69 bits per heavy atom. The van der Waals surface area contributed by atoms with Crippen LogP contribution < -0.4 is 4.72 Å². The van der Waals surface area contributed by atoms with E-state index < -0.39 is 10.0 Å². The van der Waals surface area contributed by atoms with Crippen molar-refractivity contribution in [3.63, 3.8) is 0 Å². The van der Waals surface area contributed by atoms with Crippen LogP contribution in [0.2, 0.25) is 0 Å². The van der Waals surface area contributed by atoms with Gasteiger partial charge in [-0.15, -0.1) is 11.6 Å². The molecule has 98 valence electrons. The summed E-state index contributed by atoms with van der Waals surface area (Å²) in [5.74, 6) is 0.683. The summed E-state index contributed by atoms with van der Waals surface area (Å²) >= 11 is 6.16. The van der Waals surface area contributed by atoms with Crippen molar-refractivity contribution in [1.29, 1.82) is 0 Å². The Hall–Kier alpha value is 0.200. The number of hydrogen-bond acceptors (Lipinski definition) is 2. The Labute approximate surface area is 105 Å². The van der Waals surface area contributed by atoms with Crippen molar-refractivity contribution in [2.24, 2.45) is 11.8 Å². The Morgan fingerprint density at radius 3 is 2.06 bits per heavy atom. The highest BCUT2D eigenvalue weighted by Crippen LogP contribution is 2.17. The maximum absolute atomic E-state index is 11.6. The summed E-state index contributed by atoms with van der Waals surface area (Å²) in [6.45, 7) is 8.26. The van der Waals surface area contributed by atoms with Crippen LogP contribution in [0.3, 0.4) is 0 Å². The van der Waals surface area contributed by atoms with Crippen molar-refractivity contribution in [3.8, 4) is 0 Å². The third kappa shape index (κ3) is 6.71. The van der Waals surface area contributed by atoms with Crippen LogP contribution in [0.5, 0.6) is 0 Å². The van der Waals surface area contributed by atoms with Crippen molar-refractivity contribution in [3.05, 3.63) is 0 Å². The number of hydrogen-bond donors (Lipinski definition) is 1. The van der Waals surface area contributed by atoms with Gasteiger partial charge in [-0.2, -0.15) is 0 Å². The molecule has 0 aliphatic heterocycles. The molecule has 0 amide bonds. The highest BCUT2D eigenvalue weighted by atomic mass is 35.5. The molecule has 0 aromatic carbocycles. The summed E-state index contributed by atoms with van der Waals surface area (Å²) in [7, 11) is -3.16. The Kier molecular flexibility index (Phi) is 7.61. The first kappa shape index (κ1) is 16.2. The minimum absolute atomic E-state index is 0.114. The van der Waals surface area contributed by atoms with Gasteiger partial charge < -0.3 is 0 Å². The lowest BCUT2D eigenvalue weighted by Gasteiger charge is -2.19. The molecule has 0 rings (SSSR count). The first-order chi connectivity index (χ1) is 7.32. The maximum atomic E-state index is 11.6. The number of rotatable bonds is 8. The van der Waals surface area contributed by atoms with Crippen molar-refractivity contribution >= 4 is 21.6 Å². The van der Waals surface area contributed by atoms with Gasteiger partial charge in [-0.05, 0) is 11.8 Å². The molecule has 0 aromatic heterocycles. The zero-order valence-corrected chi connectivity index (χ0v) is 12.2. The predicted molar refractivity (Wildman–Crippen MR) is 70.3 cm³/mol. The van der Waals surface area contributed by atoms with Crippen LogP contribution in [0.4, 0.5) is 0 Å². The lowest BCUT2D eigenvalue weighted by molar-refractivity contribution is 0.459. The molecular formula is C11H24ClNO2S. The second kappa shape index (κ2) is 7.51. The van der Waals surface area contributed by atoms with E-state index in [-0.39, 0.29) is 17.0 Å². The van der Waals surface area contributed by atoms with E-state index in [4.69, 9.17) is 11.6 Å².